The monoisotopic (exact) mass is 375 g/mol. The maximum absolute atomic E-state index is 5.36. The first-order chi connectivity index (χ1) is 13.7. The fourth-order valence-corrected chi connectivity index (χ4v) is 2.30. The Balaban J connectivity index is 1.78. The highest BCUT2D eigenvalue weighted by atomic mass is 16.5. The van der Waals surface area contributed by atoms with E-state index in [1.807, 2.05) is 50.5 Å². The van der Waals surface area contributed by atoms with Gasteiger partial charge in [0, 0.05) is 38.6 Å². The summed E-state index contributed by atoms with van der Waals surface area (Å²) in [5.74, 6) is 2.14. The maximum Gasteiger partial charge on any atom is 0.148 e. The summed E-state index contributed by atoms with van der Waals surface area (Å²) in [4.78, 5) is 13.0. The molecular formula is C20H21N7O. The van der Waals surface area contributed by atoms with E-state index < -0.39 is 0 Å². The zero-order valence-corrected chi connectivity index (χ0v) is 16.0. The van der Waals surface area contributed by atoms with Gasteiger partial charge in [-0.1, -0.05) is 12.1 Å². The van der Waals surface area contributed by atoms with E-state index in [1.54, 1.807) is 54.1 Å². The van der Waals surface area contributed by atoms with Crippen LogP contribution in [0.1, 0.15) is 11.4 Å². The number of rotatable bonds is 7. The van der Waals surface area contributed by atoms with E-state index >= 15 is 0 Å². The molecule has 0 atom stereocenters. The summed E-state index contributed by atoms with van der Waals surface area (Å²) in [5, 5.41) is 12.1. The maximum atomic E-state index is 5.36. The van der Waals surface area contributed by atoms with Gasteiger partial charge in [0.2, 0.25) is 0 Å². The van der Waals surface area contributed by atoms with Crippen molar-refractivity contribution >= 4 is 24.1 Å². The van der Waals surface area contributed by atoms with E-state index in [9.17, 15) is 0 Å². The van der Waals surface area contributed by atoms with Crippen molar-refractivity contribution in [1.82, 2.24) is 15.0 Å². The van der Waals surface area contributed by atoms with Gasteiger partial charge in [0.05, 0.1) is 30.9 Å². The molecule has 0 aliphatic rings. The second-order valence-corrected chi connectivity index (χ2v) is 5.77. The van der Waals surface area contributed by atoms with E-state index in [-0.39, 0.29) is 0 Å². The molecule has 0 aliphatic carbocycles. The molecule has 0 unspecified atom stereocenters. The van der Waals surface area contributed by atoms with E-state index in [0.717, 1.165) is 11.6 Å². The molecule has 0 N–H and O–H groups in total. The molecule has 3 aromatic heterocycles. The van der Waals surface area contributed by atoms with Crippen molar-refractivity contribution in [2.45, 2.75) is 0 Å². The van der Waals surface area contributed by atoms with Crippen molar-refractivity contribution in [1.29, 1.82) is 0 Å². The van der Waals surface area contributed by atoms with Gasteiger partial charge in [0.15, 0.2) is 0 Å². The molecule has 3 heterocycles. The Labute approximate surface area is 163 Å². The minimum atomic E-state index is 0.643. The lowest BCUT2D eigenvalue weighted by atomic mass is 10.3. The third kappa shape index (κ3) is 5.10. The van der Waals surface area contributed by atoms with Crippen molar-refractivity contribution < 1.29 is 4.74 Å². The quantitative estimate of drug-likeness (QED) is 0.467. The largest absolute Gasteiger partial charge is 0.497 e. The molecule has 8 heteroatoms. The molecule has 3 rings (SSSR count). The number of ether oxygens (including phenoxy) is 1. The zero-order valence-electron chi connectivity index (χ0n) is 16.0. The number of methoxy groups -OCH3 is 1. The minimum absolute atomic E-state index is 0.643. The lowest BCUT2D eigenvalue weighted by molar-refractivity contribution is 0.414. The summed E-state index contributed by atoms with van der Waals surface area (Å²) in [6.07, 6.45) is 6.74. The van der Waals surface area contributed by atoms with Crippen LogP contribution in [0.15, 0.2) is 71.1 Å². The Hall–Kier alpha value is -3.81. The number of nitrogens with zero attached hydrogens (tertiary/aromatic N) is 7. The number of hydrazone groups is 2. The van der Waals surface area contributed by atoms with Crippen molar-refractivity contribution in [2.24, 2.45) is 10.2 Å². The number of hydrogen-bond acceptors (Lipinski definition) is 8. The molecule has 0 aliphatic heterocycles. The van der Waals surface area contributed by atoms with Crippen LogP contribution in [0, 0.1) is 0 Å². The standard InChI is InChI=1S/C20H21N7O/c1-26(19-8-4-6-10-21-19)23-14-16-12-18(28-3)13-17(25-16)15-24-27(2)20-9-5-7-11-22-20/h4-15H,1-3H3/b23-14+,24-15+. The summed E-state index contributed by atoms with van der Waals surface area (Å²) in [6.45, 7) is 0. The summed E-state index contributed by atoms with van der Waals surface area (Å²) < 4.78 is 5.36. The number of anilines is 2. The normalized spacial score (nSPS) is 11.1. The number of pyridine rings is 3. The molecule has 3 aromatic rings. The highest BCUT2D eigenvalue weighted by Gasteiger charge is 2.03. The smallest absolute Gasteiger partial charge is 0.148 e. The summed E-state index contributed by atoms with van der Waals surface area (Å²) in [6, 6.07) is 14.9. The van der Waals surface area contributed by atoms with Gasteiger partial charge in [-0.3, -0.25) is 10.0 Å². The number of aromatic nitrogens is 3. The van der Waals surface area contributed by atoms with E-state index in [4.69, 9.17) is 4.74 Å². The van der Waals surface area contributed by atoms with Crippen molar-refractivity contribution in [3.63, 3.8) is 0 Å². The summed E-state index contributed by atoms with van der Waals surface area (Å²) in [5.41, 5.74) is 1.29. The molecular weight excluding hydrogens is 354 g/mol. The predicted octanol–water partition coefficient (Wildman–Crippen LogP) is 2.82. The van der Waals surface area contributed by atoms with Gasteiger partial charge >= 0.3 is 0 Å². The first-order valence-electron chi connectivity index (χ1n) is 8.59. The van der Waals surface area contributed by atoms with E-state index in [2.05, 4.69) is 25.2 Å². The Bertz CT molecular complexity index is 872. The molecule has 0 spiro atoms. The SMILES string of the molecule is COc1cc(/C=N/N(C)c2ccccn2)nc(/C=N/N(C)c2ccccn2)c1. The lowest BCUT2D eigenvalue weighted by Crippen LogP contribution is -2.11. The Kier molecular flexibility index (Phi) is 6.25. The summed E-state index contributed by atoms with van der Waals surface area (Å²) in [7, 11) is 5.25. The van der Waals surface area contributed by atoms with Crippen LogP contribution in [0.2, 0.25) is 0 Å². The van der Waals surface area contributed by atoms with Crippen LogP contribution in [-0.4, -0.2) is 48.6 Å². The van der Waals surface area contributed by atoms with Gasteiger partial charge in [-0.25, -0.2) is 15.0 Å². The van der Waals surface area contributed by atoms with Gasteiger partial charge in [0.25, 0.3) is 0 Å². The van der Waals surface area contributed by atoms with Crippen molar-refractivity contribution in [3.8, 4) is 5.75 Å². The molecule has 8 nitrogen and oxygen atoms in total. The van der Waals surface area contributed by atoms with Crippen molar-refractivity contribution in [2.75, 3.05) is 31.2 Å². The third-order valence-electron chi connectivity index (χ3n) is 3.76. The van der Waals surface area contributed by atoms with E-state index in [0.29, 0.717) is 17.1 Å². The molecule has 142 valence electrons. The van der Waals surface area contributed by atoms with Gasteiger partial charge in [-0.2, -0.15) is 10.2 Å². The highest BCUT2D eigenvalue weighted by Crippen LogP contribution is 2.13. The lowest BCUT2D eigenvalue weighted by Gasteiger charge is -2.11. The third-order valence-corrected chi connectivity index (χ3v) is 3.76. The first-order valence-corrected chi connectivity index (χ1v) is 8.59. The van der Waals surface area contributed by atoms with Crippen molar-refractivity contribution in [3.05, 3.63) is 72.3 Å². The van der Waals surface area contributed by atoms with Crippen LogP contribution in [0.25, 0.3) is 0 Å². The van der Waals surface area contributed by atoms with Crippen LogP contribution < -0.4 is 14.8 Å². The second-order valence-electron chi connectivity index (χ2n) is 5.77. The van der Waals surface area contributed by atoms with Gasteiger partial charge in [-0.05, 0) is 24.3 Å². The minimum Gasteiger partial charge on any atom is -0.497 e. The fourth-order valence-electron chi connectivity index (χ4n) is 2.30. The molecule has 0 aromatic carbocycles. The van der Waals surface area contributed by atoms with Crippen LogP contribution in [0.4, 0.5) is 11.6 Å². The van der Waals surface area contributed by atoms with E-state index in [1.165, 1.54) is 0 Å². The first kappa shape index (κ1) is 19.0. The second kappa shape index (κ2) is 9.22. The van der Waals surface area contributed by atoms with Crippen LogP contribution >= 0.6 is 0 Å². The fraction of sp³-hybridized carbons (Fsp3) is 0.150. The van der Waals surface area contributed by atoms with Gasteiger partial charge in [-0.15, -0.1) is 0 Å². The molecule has 0 saturated heterocycles. The predicted molar refractivity (Wildman–Crippen MR) is 111 cm³/mol. The van der Waals surface area contributed by atoms with Crippen LogP contribution in [0.3, 0.4) is 0 Å². The van der Waals surface area contributed by atoms with Gasteiger partial charge < -0.3 is 4.74 Å². The Morgan fingerprint density at radius 2 is 1.32 bits per heavy atom. The Morgan fingerprint density at radius 3 is 1.71 bits per heavy atom. The Morgan fingerprint density at radius 1 is 0.821 bits per heavy atom. The summed E-state index contributed by atoms with van der Waals surface area (Å²) >= 11 is 0. The topological polar surface area (TPSA) is 79.1 Å². The molecule has 0 fully saturated rings. The molecule has 0 amide bonds. The average molecular weight is 375 g/mol. The molecule has 0 radical (unpaired) electrons. The molecule has 0 saturated carbocycles. The highest BCUT2D eigenvalue weighted by molar-refractivity contribution is 5.83. The molecule has 28 heavy (non-hydrogen) atoms. The van der Waals surface area contributed by atoms with Crippen LogP contribution in [0.5, 0.6) is 5.75 Å². The van der Waals surface area contributed by atoms with Gasteiger partial charge in [0.1, 0.15) is 17.4 Å². The molecule has 0 bridgehead atoms. The number of hydrogen-bond donors (Lipinski definition) is 0. The van der Waals surface area contributed by atoms with Crippen LogP contribution in [-0.2, 0) is 0 Å². The average Bonchev–Trinajstić information content (AvgIpc) is 2.76. The zero-order chi connectivity index (χ0) is 19.8.